The van der Waals surface area contributed by atoms with E-state index in [1.807, 2.05) is 20.8 Å². The third-order valence-corrected chi connectivity index (χ3v) is 4.81. The first-order valence-electron chi connectivity index (χ1n) is 8.36. The average Bonchev–Trinajstić information content (AvgIpc) is 2.96. The fourth-order valence-electron chi connectivity index (χ4n) is 2.63. The lowest BCUT2D eigenvalue weighted by atomic mass is 9.96. The van der Waals surface area contributed by atoms with Crippen LogP contribution in [0.5, 0.6) is 0 Å². The molecule has 25 heavy (non-hydrogen) atoms. The van der Waals surface area contributed by atoms with Crippen LogP contribution in [0.15, 0.2) is 0 Å². The summed E-state index contributed by atoms with van der Waals surface area (Å²) in [4.78, 5) is 38.4. The Morgan fingerprint density at radius 1 is 1.20 bits per heavy atom. The van der Waals surface area contributed by atoms with Crippen LogP contribution in [0.2, 0.25) is 0 Å². The zero-order valence-electron chi connectivity index (χ0n) is 15.1. The smallest absolute Gasteiger partial charge is 0.309 e. The van der Waals surface area contributed by atoms with Gasteiger partial charge in [0, 0.05) is 25.2 Å². The molecular weight excluding hydrogens is 342 g/mol. The quantitative estimate of drug-likeness (QED) is 0.767. The molecular formula is C16H25N5O3S. The molecule has 1 aromatic heterocycles. The van der Waals surface area contributed by atoms with Crippen molar-refractivity contribution in [1.82, 2.24) is 25.1 Å². The van der Waals surface area contributed by atoms with E-state index >= 15 is 0 Å². The van der Waals surface area contributed by atoms with Crippen molar-refractivity contribution in [3.8, 4) is 0 Å². The highest BCUT2D eigenvalue weighted by atomic mass is 32.1. The summed E-state index contributed by atoms with van der Waals surface area (Å²) >= 11 is 1.12. The summed E-state index contributed by atoms with van der Waals surface area (Å²) in [7, 11) is 0. The SMILES string of the molecule is Cc1nnsc1C(=O)N1CCC(CNC(=O)C(=O)NC(C)(C)C)CC1. The van der Waals surface area contributed by atoms with Crippen LogP contribution in [0.25, 0.3) is 0 Å². The zero-order chi connectivity index (χ0) is 18.6. The number of hydrogen-bond acceptors (Lipinski definition) is 6. The Bertz CT molecular complexity index is 644. The molecule has 9 heteroatoms. The summed E-state index contributed by atoms with van der Waals surface area (Å²) in [5, 5.41) is 9.19. The van der Waals surface area contributed by atoms with Crippen molar-refractivity contribution < 1.29 is 14.4 Å². The molecule has 2 rings (SSSR count). The van der Waals surface area contributed by atoms with Gasteiger partial charge in [-0.2, -0.15) is 0 Å². The van der Waals surface area contributed by atoms with Gasteiger partial charge in [-0.15, -0.1) is 5.10 Å². The molecule has 2 heterocycles. The van der Waals surface area contributed by atoms with Gasteiger partial charge >= 0.3 is 11.8 Å². The van der Waals surface area contributed by atoms with Crippen molar-refractivity contribution in [3.05, 3.63) is 10.6 Å². The molecule has 0 aromatic carbocycles. The molecule has 0 saturated carbocycles. The number of carbonyl (C=O) groups excluding carboxylic acids is 3. The predicted molar refractivity (Wildman–Crippen MR) is 94.2 cm³/mol. The van der Waals surface area contributed by atoms with Crippen LogP contribution in [0.3, 0.4) is 0 Å². The Kier molecular flexibility index (Phi) is 6.10. The zero-order valence-corrected chi connectivity index (χ0v) is 15.9. The predicted octanol–water partition coefficient (Wildman–Crippen LogP) is 0.730. The molecule has 0 radical (unpaired) electrons. The number of piperidine rings is 1. The van der Waals surface area contributed by atoms with Gasteiger partial charge in [0.1, 0.15) is 4.88 Å². The standard InChI is InChI=1S/C16H25N5O3S/c1-10-12(25-20-19-10)15(24)21-7-5-11(6-8-21)9-17-13(22)14(23)18-16(2,3)4/h11H,5-9H2,1-4H3,(H,17,22)(H,18,23). The average molecular weight is 367 g/mol. The fourth-order valence-corrected chi connectivity index (χ4v) is 3.25. The molecule has 1 aliphatic rings. The largest absolute Gasteiger partial charge is 0.348 e. The van der Waals surface area contributed by atoms with Gasteiger partial charge in [0.2, 0.25) is 0 Å². The Morgan fingerprint density at radius 2 is 1.84 bits per heavy atom. The van der Waals surface area contributed by atoms with Gasteiger partial charge in [0.05, 0.1) is 5.69 Å². The molecule has 0 unspecified atom stereocenters. The van der Waals surface area contributed by atoms with Crippen LogP contribution in [-0.4, -0.2) is 57.4 Å². The maximum atomic E-state index is 12.4. The van der Waals surface area contributed by atoms with E-state index in [1.165, 1.54) is 0 Å². The van der Waals surface area contributed by atoms with Gasteiger partial charge in [-0.1, -0.05) is 4.49 Å². The van der Waals surface area contributed by atoms with Crippen LogP contribution in [0, 0.1) is 12.8 Å². The lowest BCUT2D eigenvalue weighted by molar-refractivity contribution is -0.140. The molecule has 2 N–H and O–H groups in total. The molecule has 1 aromatic rings. The van der Waals surface area contributed by atoms with Gasteiger partial charge in [0.15, 0.2) is 0 Å². The molecule has 0 bridgehead atoms. The van der Waals surface area contributed by atoms with Crippen LogP contribution in [-0.2, 0) is 9.59 Å². The number of rotatable bonds is 3. The molecule has 0 aliphatic carbocycles. The number of aryl methyl sites for hydroxylation is 1. The monoisotopic (exact) mass is 367 g/mol. The fraction of sp³-hybridized carbons (Fsp3) is 0.688. The highest BCUT2D eigenvalue weighted by Gasteiger charge is 2.27. The van der Waals surface area contributed by atoms with Crippen molar-refractivity contribution in [2.75, 3.05) is 19.6 Å². The van der Waals surface area contributed by atoms with Gasteiger partial charge in [-0.25, -0.2) is 0 Å². The summed E-state index contributed by atoms with van der Waals surface area (Å²) in [6.45, 7) is 8.96. The normalized spacial score (nSPS) is 15.8. The van der Waals surface area contributed by atoms with Crippen LogP contribution < -0.4 is 10.6 Å². The number of amides is 3. The highest BCUT2D eigenvalue weighted by molar-refractivity contribution is 7.07. The second-order valence-electron chi connectivity index (χ2n) is 7.34. The highest BCUT2D eigenvalue weighted by Crippen LogP contribution is 2.20. The van der Waals surface area contributed by atoms with Gasteiger partial charge in [0.25, 0.3) is 5.91 Å². The summed E-state index contributed by atoms with van der Waals surface area (Å²) < 4.78 is 3.80. The number of nitrogens with zero attached hydrogens (tertiary/aromatic N) is 3. The Morgan fingerprint density at radius 3 is 2.36 bits per heavy atom. The van der Waals surface area contributed by atoms with Crippen LogP contribution in [0.4, 0.5) is 0 Å². The van der Waals surface area contributed by atoms with E-state index in [0.717, 1.165) is 24.4 Å². The number of hydrogen-bond donors (Lipinski definition) is 2. The number of aromatic nitrogens is 2. The van der Waals surface area contributed by atoms with E-state index in [2.05, 4.69) is 20.2 Å². The van der Waals surface area contributed by atoms with E-state index in [-0.39, 0.29) is 11.8 Å². The van der Waals surface area contributed by atoms with Crippen LogP contribution >= 0.6 is 11.5 Å². The van der Waals surface area contributed by atoms with E-state index in [9.17, 15) is 14.4 Å². The third-order valence-electron chi connectivity index (χ3n) is 3.99. The molecule has 8 nitrogen and oxygen atoms in total. The molecule has 0 atom stereocenters. The summed E-state index contributed by atoms with van der Waals surface area (Å²) in [6, 6.07) is 0. The Labute approximate surface area is 151 Å². The minimum atomic E-state index is -0.617. The number of nitrogens with one attached hydrogen (secondary N) is 2. The van der Waals surface area contributed by atoms with Crippen molar-refractivity contribution in [1.29, 1.82) is 0 Å². The maximum absolute atomic E-state index is 12.4. The first kappa shape index (κ1) is 19.3. The molecule has 1 fully saturated rings. The first-order valence-corrected chi connectivity index (χ1v) is 9.13. The minimum Gasteiger partial charge on any atom is -0.348 e. The second-order valence-corrected chi connectivity index (χ2v) is 8.09. The molecule has 1 saturated heterocycles. The van der Waals surface area contributed by atoms with Crippen molar-refractivity contribution >= 4 is 29.3 Å². The van der Waals surface area contributed by atoms with Crippen molar-refractivity contribution in [2.24, 2.45) is 5.92 Å². The van der Waals surface area contributed by atoms with Crippen LogP contribution in [0.1, 0.15) is 49.0 Å². The summed E-state index contributed by atoms with van der Waals surface area (Å²) in [6.07, 6.45) is 1.58. The van der Waals surface area contributed by atoms with Gasteiger partial charge in [-0.3, -0.25) is 14.4 Å². The van der Waals surface area contributed by atoms with Crippen molar-refractivity contribution in [2.45, 2.75) is 46.1 Å². The van der Waals surface area contributed by atoms with E-state index < -0.39 is 17.4 Å². The van der Waals surface area contributed by atoms with Crippen molar-refractivity contribution in [3.63, 3.8) is 0 Å². The third kappa shape index (κ3) is 5.48. The number of likely N-dealkylation sites (tertiary alicyclic amines) is 1. The first-order chi connectivity index (χ1) is 11.7. The summed E-state index contributed by atoms with van der Waals surface area (Å²) in [5.74, 6) is -0.997. The second kappa shape index (κ2) is 7.90. The molecule has 3 amide bonds. The van der Waals surface area contributed by atoms with E-state index in [4.69, 9.17) is 0 Å². The Hall–Kier alpha value is -2.03. The van der Waals surface area contributed by atoms with E-state index in [1.54, 1.807) is 11.8 Å². The van der Waals surface area contributed by atoms with E-state index in [0.29, 0.717) is 30.2 Å². The maximum Gasteiger partial charge on any atom is 0.309 e. The topological polar surface area (TPSA) is 104 Å². The lowest BCUT2D eigenvalue weighted by Crippen LogP contribution is -2.49. The Balaban J connectivity index is 1.75. The summed E-state index contributed by atoms with van der Waals surface area (Å²) in [5.41, 5.74) is 0.221. The number of carbonyl (C=O) groups is 3. The molecule has 0 spiro atoms. The molecule has 138 valence electrons. The lowest BCUT2D eigenvalue weighted by Gasteiger charge is -2.31. The van der Waals surface area contributed by atoms with Gasteiger partial charge < -0.3 is 15.5 Å². The minimum absolute atomic E-state index is 0.0282. The molecule has 1 aliphatic heterocycles. The van der Waals surface area contributed by atoms with Gasteiger partial charge in [-0.05, 0) is 58.0 Å².